The zero-order valence-electron chi connectivity index (χ0n) is 21.5. The molecule has 1 saturated heterocycles. The third-order valence-corrected chi connectivity index (χ3v) is 7.63. The Morgan fingerprint density at radius 2 is 1.98 bits per heavy atom. The molecule has 216 valence electrons. The number of hydrogen-bond acceptors (Lipinski definition) is 16. The van der Waals surface area contributed by atoms with E-state index in [1.165, 1.54) is 17.5 Å². The standard InChI is InChI=1S/C23H24N8O8S2/c1-36-17-3-2-14(13-26-17)20-27-16-12-15(40-19(16)21(29-20)30-8-10-37-11-9-30)5-7-31(33)23-25-6-4-18(28-23)38-41(34,35)39-22(24)32/h2-4,6,12-13,33H,5,7-11H2,1H3,(H2,24,32). The number of primary amides is 1. The van der Waals surface area contributed by atoms with Crippen molar-refractivity contribution in [3.63, 3.8) is 0 Å². The smallest absolute Gasteiger partial charge is 0.481 e. The molecular formula is C23H24N8O8S2. The van der Waals surface area contributed by atoms with Crippen LogP contribution in [0.2, 0.25) is 0 Å². The molecule has 1 aliphatic rings. The maximum atomic E-state index is 11.7. The van der Waals surface area contributed by atoms with Gasteiger partial charge in [0.15, 0.2) is 11.6 Å². The van der Waals surface area contributed by atoms with Crippen LogP contribution in [0.5, 0.6) is 11.8 Å². The number of morpholine rings is 1. The molecule has 1 aliphatic heterocycles. The first-order chi connectivity index (χ1) is 19.7. The fraction of sp³-hybridized carbons (Fsp3) is 0.304. The predicted molar refractivity (Wildman–Crippen MR) is 145 cm³/mol. The minimum Gasteiger partial charge on any atom is -0.481 e. The van der Waals surface area contributed by atoms with Crippen LogP contribution in [0.1, 0.15) is 4.88 Å². The highest BCUT2D eigenvalue weighted by Gasteiger charge is 2.22. The molecule has 4 aromatic rings. The van der Waals surface area contributed by atoms with Gasteiger partial charge in [-0.3, -0.25) is 9.39 Å². The molecule has 18 heteroatoms. The molecule has 5 heterocycles. The Balaban J connectivity index is 1.37. The van der Waals surface area contributed by atoms with Gasteiger partial charge in [-0.1, -0.05) is 0 Å². The molecule has 5 rings (SSSR count). The van der Waals surface area contributed by atoms with E-state index in [1.807, 2.05) is 12.1 Å². The monoisotopic (exact) mass is 604 g/mol. The summed E-state index contributed by atoms with van der Waals surface area (Å²) in [4.78, 5) is 35.4. The normalized spacial score (nSPS) is 13.7. The van der Waals surface area contributed by atoms with Gasteiger partial charge in [0.1, 0.15) is 0 Å². The molecule has 0 radical (unpaired) electrons. The molecule has 0 aliphatic carbocycles. The summed E-state index contributed by atoms with van der Waals surface area (Å²) >= 11 is 1.50. The Kier molecular flexibility index (Phi) is 8.24. The third-order valence-electron chi connectivity index (χ3n) is 5.71. The number of thiophene rings is 1. The number of pyridine rings is 1. The Hall–Kier alpha value is -4.39. The van der Waals surface area contributed by atoms with Gasteiger partial charge in [-0.25, -0.2) is 29.8 Å². The molecule has 0 atom stereocenters. The minimum absolute atomic E-state index is 0.0520. The van der Waals surface area contributed by atoms with Crippen molar-refractivity contribution in [2.45, 2.75) is 6.42 Å². The highest BCUT2D eigenvalue weighted by Crippen LogP contribution is 2.35. The van der Waals surface area contributed by atoms with Gasteiger partial charge < -0.3 is 24.3 Å². The van der Waals surface area contributed by atoms with Crippen molar-refractivity contribution < 1.29 is 36.3 Å². The molecule has 0 unspecified atom stereocenters. The van der Waals surface area contributed by atoms with E-state index in [0.29, 0.717) is 44.4 Å². The van der Waals surface area contributed by atoms with E-state index in [2.05, 4.69) is 28.2 Å². The number of carbonyl (C=O) groups is 1. The average Bonchev–Trinajstić information content (AvgIpc) is 3.38. The molecule has 0 bridgehead atoms. The summed E-state index contributed by atoms with van der Waals surface area (Å²) in [6, 6.07) is 6.62. The number of rotatable bonds is 10. The van der Waals surface area contributed by atoms with Crippen LogP contribution in [0.25, 0.3) is 21.6 Å². The van der Waals surface area contributed by atoms with Gasteiger partial charge in [-0.05, 0) is 12.1 Å². The van der Waals surface area contributed by atoms with E-state index in [9.17, 15) is 18.4 Å². The van der Waals surface area contributed by atoms with Crippen molar-refractivity contribution >= 4 is 49.8 Å². The summed E-state index contributed by atoms with van der Waals surface area (Å²) in [5.74, 6) is 1.07. The van der Waals surface area contributed by atoms with Crippen LogP contribution in [-0.2, 0) is 25.7 Å². The zero-order chi connectivity index (χ0) is 29.0. The van der Waals surface area contributed by atoms with Crippen LogP contribution < -0.4 is 24.6 Å². The minimum atomic E-state index is -4.79. The fourth-order valence-electron chi connectivity index (χ4n) is 3.88. The number of anilines is 2. The van der Waals surface area contributed by atoms with Crippen LogP contribution in [0.4, 0.5) is 16.6 Å². The SMILES string of the molecule is COc1ccc(-c2nc(N3CCOCC3)c3sc(CCN(O)c4nccc(OS(=O)(=O)OC(N)=O)n4)cc3n2)cn1. The van der Waals surface area contributed by atoms with E-state index in [0.717, 1.165) is 37.6 Å². The summed E-state index contributed by atoms with van der Waals surface area (Å²) in [5, 5.41) is 11.3. The molecule has 1 fully saturated rings. The van der Waals surface area contributed by atoms with Crippen molar-refractivity contribution in [3.8, 4) is 23.1 Å². The van der Waals surface area contributed by atoms with Crippen LogP contribution >= 0.6 is 11.3 Å². The molecule has 1 amide bonds. The van der Waals surface area contributed by atoms with E-state index in [-0.39, 0.29) is 12.5 Å². The lowest BCUT2D eigenvalue weighted by molar-refractivity contribution is 0.122. The summed E-state index contributed by atoms with van der Waals surface area (Å²) in [7, 11) is -3.24. The summed E-state index contributed by atoms with van der Waals surface area (Å²) in [5.41, 5.74) is 6.18. The maximum Gasteiger partial charge on any atom is 0.506 e. The van der Waals surface area contributed by atoms with E-state index in [4.69, 9.17) is 25.2 Å². The Labute approximate surface area is 237 Å². The quantitative estimate of drug-likeness (QED) is 0.246. The molecule has 16 nitrogen and oxygen atoms in total. The van der Waals surface area contributed by atoms with Gasteiger partial charge in [0, 0.05) is 54.5 Å². The number of methoxy groups -OCH3 is 1. The molecule has 0 aromatic carbocycles. The van der Waals surface area contributed by atoms with Gasteiger partial charge in [0.05, 0.1) is 37.1 Å². The predicted octanol–water partition coefficient (Wildman–Crippen LogP) is 1.55. The zero-order valence-corrected chi connectivity index (χ0v) is 23.2. The Bertz CT molecular complexity index is 1650. The molecule has 41 heavy (non-hydrogen) atoms. The lowest BCUT2D eigenvalue weighted by atomic mass is 10.2. The Morgan fingerprint density at radius 3 is 2.68 bits per heavy atom. The van der Waals surface area contributed by atoms with Crippen molar-refractivity contribution in [1.29, 1.82) is 0 Å². The number of nitrogens with zero attached hydrogens (tertiary/aromatic N) is 7. The molecule has 4 aromatic heterocycles. The van der Waals surface area contributed by atoms with Crippen LogP contribution in [-0.4, -0.2) is 84.6 Å². The molecule has 0 spiro atoms. The lowest BCUT2D eigenvalue weighted by Gasteiger charge is -2.28. The average molecular weight is 605 g/mol. The first-order valence-corrected chi connectivity index (χ1v) is 14.2. The maximum absolute atomic E-state index is 11.7. The summed E-state index contributed by atoms with van der Waals surface area (Å²) in [6.45, 7) is 2.58. The number of fused-ring (bicyclic) bond motifs is 1. The van der Waals surface area contributed by atoms with E-state index in [1.54, 1.807) is 19.4 Å². The van der Waals surface area contributed by atoms with Crippen molar-refractivity contribution in [1.82, 2.24) is 24.9 Å². The third kappa shape index (κ3) is 6.85. The largest absolute Gasteiger partial charge is 0.506 e. The highest BCUT2D eigenvalue weighted by atomic mass is 32.3. The van der Waals surface area contributed by atoms with Crippen LogP contribution in [0.15, 0.2) is 36.7 Å². The van der Waals surface area contributed by atoms with Gasteiger partial charge >= 0.3 is 16.5 Å². The summed E-state index contributed by atoms with van der Waals surface area (Å²) in [6.07, 6.45) is 1.63. The number of aromatic nitrogens is 5. The second-order valence-electron chi connectivity index (χ2n) is 8.45. The highest BCUT2D eigenvalue weighted by molar-refractivity contribution is 7.82. The lowest BCUT2D eigenvalue weighted by Crippen LogP contribution is -2.36. The van der Waals surface area contributed by atoms with Gasteiger partial charge in [0.25, 0.3) is 5.95 Å². The number of ether oxygens (including phenoxy) is 2. The topological polar surface area (TPSA) is 205 Å². The van der Waals surface area contributed by atoms with Crippen LogP contribution in [0, 0.1) is 0 Å². The second kappa shape index (κ2) is 12.0. The molecular weight excluding hydrogens is 580 g/mol. The first kappa shape index (κ1) is 28.1. The van der Waals surface area contributed by atoms with Crippen molar-refractivity contribution in [2.75, 3.05) is 49.9 Å². The first-order valence-electron chi connectivity index (χ1n) is 12.1. The van der Waals surface area contributed by atoms with E-state index < -0.39 is 22.4 Å². The van der Waals surface area contributed by atoms with Crippen molar-refractivity contribution in [3.05, 3.63) is 41.5 Å². The van der Waals surface area contributed by atoms with Crippen LogP contribution in [0.3, 0.4) is 0 Å². The Morgan fingerprint density at radius 1 is 1.17 bits per heavy atom. The van der Waals surface area contributed by atoms with Gasteiger partial charge in [-0.2, -0.15) is 4.98 Å². The van der Waals surface area contributed by atoms with Gasteiger partial charge in [-0.15, -0.1) is 19.8 Å². The fourth-order valence-corrected chi connectivity index (χ4v) is 5.52. The number of hydrogen-bond donors (Lipinski definition) is 2. The van der Waals surface area contributed by atoms with Gasteiger partial charge in [0.2, 0.25) is 11.8 Å². The molecule has 3 N–H and O–H groups in total. The number of amides is 1. The summed E-state index contributed by atoms with van der Waals surface area (Å²) < 4.78 is 43.3. The molecule has 0 saturated carbocycles. The number of hydroxylamine groups is 1. The number of carbonyl (C=O) groups excluding carboxylic acids is 1. The van der Waals surface area contributed by atoms with Crippen molar-refractivity contribution in [2.24, 2.45) is 5.73 Å². The number of nitrogens with two attached hydrogens (primary N) is 1. The second-order valence-corrected chi connectivity index (χ2v) is 10.7. The van der Waals surface area contributed by atoms with E-state index >= 15 is 0 Å².